The summed E-state index contributed by atoms with van der Waals surface area (Å²) in [5.41, 5.74) is 1.70. The lowest BCUT2D eigenvalue weighted by Crippen LogP contribution is -2.46. The van der Waals surface area contributed by atoms with Gasteiger partial charge >= 0.3 is 0 Å². The Morgan fingerprint density at radius 1 is 1.17 bits per heavy atom. The maximum Gasteiger partial charge on any atom is 0.249 e. The average Bonchev–Trinajstić information content (AvgIpc) is 3.40. The molecular weight excluding hydrogens is 476 g/mol. The van der Waals surface area contributed by atoms with Crippen LogP contribution in [0.5, 0.6) is 0 Å². The van der Waals surface area contributed by atoms with Gasteiger partial charge in [-0.1, -0.05) is 72.6 Å². The van der Waals surface area contributed by atoms with Crippen LogP contribution in [0, 0.1) is 0 Å². The number of carbonyl (C=O) groups is 2. The summed E-state index contributed by atoms with van der Waals surface area (Å²) in [4.78, 5) is 34.4. The smallest absolute Gasteiger partial charge is 0.249 e. The minimum atomic E-state index is -0.310. The second-order valence-corrected chi connectivity index (χ2v) is 9.36. The van der Waals surface area contributed by atoms with Crippen molar-refractivity contribution in [1.82, 2.24) is 19.9 Å². The normalized spacial score (nSPS) is 15.8. The summed E-state index contributed by atoms with van der Waals surface area (Å²) in [6.45, 7) is 3.20. The largest absolute Gasteiger partial charge is 0.337 e. The van der Waals surface area contributed by atoms with Gasteiger partial charge in [0.15, 0.2) is 0 Å². The van der Waals surface area contributed by atoms with Gasteiger partial charge in [-0.2, -0.15) is 4.98 Å². The van der Waals surface area contributed by atoms with Gasteiger partial charge in [-0.3, -0.25) is 9.59 Å². The SMILES string of the molecule is CCCCN(CC(=O)N1CCCCC1c1nc(-c2cccc(Cl)c2)no1)C(=O)C=Cc1ccccc1. The number of hydrogen-bond acceptors (Lipinski definition) is 5. The van der Waals surface area contributed by atoms with Crippen LogP contribution in [-0.2, 0) is 9.59 Å². The third-order valence-electron chi connectivity index (χ3n) is 6.27. The predicted molar refractivity (Wildman–Crippen MR) is 140 cm³/mol. The molecule has 2 heterocycles. The lowest BCUT2D eigenvalue weighted by Gasteiger charge is -2.35. The van der Waals surface area contributed by atoms with Crippen molar-refractivity contribution in [2.24, 2.45) is 0 Å². The van der Waals surface area contributed by atoms with Crippen molar-refractivity contribution in [2.75, 3.05) is 19.6 Å². The molecule has 7 nitrogen and oxygen atoms in total. The van der Waals surface area contributed by atoms with Gasteiger partial charge in [0.1, 0.15) is 12.6 Å². The molecule has 188 valence electrons. The summed E-state index contributed by atoms with van der Waals surface area (Å²) in [7, 11) is 0. The summed E-state index contributed by atoms with van der Waals surface area (Å²) in [6, 6.07) is 16.6. The topological polar surface area (TPSA) is 79.5 Å². The zero-order valence-corrected chi connectivity index (χ0v) is 21.2. The van der Waals surface area contributed by atoms with Crippen LogP contribution in [0.4, 0.5) is 0 Å². The molecule has 0 bridgehead atoms. The second kappa shape index (κ2) is 12.5. The van der Waals surface area contributed by atoms with Gasteiger partial charge in [-0.05, 0) is 49.5 Å². The molecule has 3 aromatic rings. The Morgan fingerprint density at radius 3 is 2.78 bits per heavy atom. The molecule has 1 saturated heterocycles. The second-order valence-electron chi connectivity index (χ2n) is 8.92. The number of unbranched alkanes of at least 4 members (excludes halogenated alkanes) is 1. The highest BCUT2D eigenvalue weighted by atomic mass is 35.5. The van der Waals surface area contributed by atoms with Crippen LogP contribution in [-0.4, -0.2) is 51.4 Å². The molecule has 0 radical (unpaired) electrons. The standard InChI is InChI=1S/C28H31ClN4O3/c1-2-3-17-32(25(34)16-15-21-10-5-4-6-11-21)20-26(35)33-18-8-7-14-24(33)28-30-27(31-36-28)22-12-9-13-23(29)19-22/h4-6,9-13,15-16,19,24H,2-3,7-8,14,17-18,20H2,1H3. The molecule has 2 aromatic carbocycles. The Morgan fingerprint density at radius 2 is 2.00 bits per heavy atom. The fourth-order valence-corrected chi connectivity index (χ4v) is 4.50. The van der Waals surface area contributed by atoms with Crippen molar-refractivity contribution in [3.8, 4) is 11.4 Å². The summed E-state index contributed by atoms with van der Waals surface area (Å²) >= 11 is 6.11. The number of rotatable bonds is 9. The first-order valence-corrected chi connectivity index (χ1v) is 12.8. The molecular formula is C28H31ClN4O3. The first-order valence-electron chi connectivity index (χ1n) is 12.5. The van der Waals surface area contributed by atoms with E-state index >= 15 is 0 Å². The zero-order valence-electron chi connectivity index (χ0n) is 20.5. The molecule has 8 heteroatoms. The Hall–Kier alpha value is -3.45. The van der Waals surface area contributed by atoms with Crippen LogP contribution in [0.3, 0.4) is 0 Å². The van der Waals surface area contributed by atoms with E-state index in [1.54, 1.807) is 34.1 Å². The number of piperidine rings is 1. The average molecular weight is 507 g/mol. The summed E-state index contributed by atoms with van der Waals surface area (Å²) in [6.07, 6.45) is 7.68. The number of amides is 2. The fourth-order valence-electron chi connectivity index (χ4n) is 4.31. The third kappa shape index (κ3) is 6.61. The Balaban J connectivity index is 1.48. The van der Waals surface area contributed by atoms with Crippen molar-refractivity contribution in [3.05, 3.63) is 77.2 Å². The number of aromatic nitrogens is 2. The van der Waals surface area contributed by atoms with Gasteiger partial charge in [0.25, 0.3) is 0 Å². The van der Waals surface area contributed by atoms with Crippen LogP contribution >= 0.6 is 11.6 Å². The molecule has 1 aliphatic rings. The number of carbonyl (C=O) groups excluding carboxylic acids is 2. The van der Waals surface area contributed by atoms with Crippen LogP contribution < -0.4 is 0 Å². The maximum atomic E-state index is 13.5. The first-order chi connectivity index (χ1) is 17.5. The number of likely N-dealkylation sites (tertiary alicyclic amines) is 1. The van der Waals surface area contributed by atoms with Crippen LogP contribution in [0.25, 0.3) is 17.5 Å². The molecule has 0 spiro atoms. The molecule has 1 unspecified atom stereocenters. The molecule has 1 aromatic heterocycles. The lowest BCUT2D eigenvalue weighted by molar-refractivity contribution is -0.141. The quantitative estimate of drug-likeness (QED) is 0.343. The fraction of sp³-hybridized carbons (Fsp3) is 0.357. The van der Waals surface area contributed by atoms with Crippen molar-refractivity contribution in [2.45, 2.75) is 45.1 Å². The van der Waals surface area contributed by atoms with E-state index in [-0.39, 0.29) is 24.4 Å². The lowest BCUT2D eigenvalue weighted by atomic mass is 10.0. The van der Waals surface area contributed by atoms with Gasteiger partial charge in [0.05, 0.1) is 0 Å². The van der Waals surface area contributed by atoms with Crippen molar-refractivity contribution >= 4 is 29.5 Å². The molecule has 4 rings (SSSR count). The molecule has 1 fully saturated rings. The van der Waals surface area contributed by atoms with E-state index in [1.165, 1.54) is 0 Å². The molecule has 1 aliphatic heterocycles. The Bertz CT molecular complexity index is 1190. The summed E-state index contributed by atoms with van der Waals surface area (Å²) in [5, 5.41) is 4.71. The maximum absolute atomic E-state index is 13.5. The summed E-state index contributed by atoms with van der Waals surface area (Å²) < 4.78 is 5.59. The van der Waals surface area contributed by atoms with Gasteiger partial charge in [-0.25, -0.2) is 0 Å². The van der Waals surface area contributed by atoms with E-state index in [1.807, 2.05) is 42.5 Å². The number of benzene rings is 2. The predicted octanol–water partition coefficient (Wildman–Crippen LogP) is 5.79. The van der Waals surface area contributed by atoms with Crippen molar-refractivity contribution in [1.29, 1.82) is 0 Å². The van der Waals surface area contributed by atoms with E-state index in [0.29, 0.717) is 29.8 Å². The van der Waals surface area contributed by atoms with Crippen LogP contribution in [0.15, 0.2) is 65.2 Å². The summed E-state index contributed by atoms with van der Waals surface area (Å²) in [5.74, 6) is 0.569. The molecule has 2 amide bonds. The monoisotopic (exact) mass is 506 g/mol. The van der Waals surface area contributed by atoms with E-state index in [4.69, 9.17) is 16.1 Å². The molecule has 1 atom stereocenters. The van der Waals surface area contributed by atoms with Gasteiger partial charge in [-0.15, -0.1) is 0 Å². The highest BCUT2D eigenvalue weighted by Gasteiger charge is 2.33. The third-order valence-corrected chi connectivity index (χ3v) is 6.51. The number of halogens is 1. The Labute approximate surface area is 216 Å². The molecule has 0 N–H and O–H groups in total. The van der Waals surface area contributed by atoms with Crippen LogP contribution in [0.2, 0.25) is 5.02 Å². The van der Waals surface area contributed by atoms with Crippen molar-refractivity contribution in [3.63, 3.8) is 0 Å². The van der Waals surface area contributed by atoms with Crippen LogP contribution in [0.1, 0.15) is 56.5 Å². The zero-order chi connectivity index (χ0) is 25.3. The van der Waals surface area contributed by atoms with Crippen molar-refractivity contribution < 1.29 is 14.1 Å². The highest BCUT2D eigenvalue weighted by molar-refractivity contribution is 6.30. The van der Waals surface area contributed by atoms with Gasteiger partial charge in [0.2, 0.25) is 23.5 Å². The van der Waals surface area contributed by atoms with Gasteiger partial charge in [0, 0.05) is 29.8 Å². The first kappa shape index (κ1) is 25.6. The van der Waals surface area contributed by atoms with E-state index in [0.717, 1.165) is 43.2 Å². The van der Waals surface area contributed by atoms with E-state index in [9.17, 15) is 9.59 Å². The minimum absolute atomic E-state index is 0.0176. The van der Waals surface area contributed by atoms with E-state index < -0.39 is 0 Å². The number of hydrogen-bond donors (Lipinski definition) is 0. The molecule has 36 heavy (non-hydrogen) atoms. The molecule has 0 saturated carbocycles. The Kier molecular flexibility index (Phi) is 8.90. The number of nitrogens with zero attached hydrogens (tertiary/aromatic N) is 4. The van der Waals surface area contributed by atoms with E-state index in [2.05, 4.69) is 17.1 Å². The molecule has 0 aliphatic carbocycles. The van der Waals surface area contributed by atoms with Gasteiger partial charge < -0.3 is 14.3 Å². The highest BCUT2D eigenvalue weighted by Crippen LogP contribution is 2.31. The minimum Gasteiger partial charge on any atom is -0.337 e.